The molecular formula is C26H24N4O2. The van der Waals surface area contributed by atoms with E-state index in [9.17, 15) is 4.79 Å². The van der Waals surface area contributed by atoms with Gasteiger partial charge in [-0.2, -0.15) is 0 Å². The highest BCUT2D eigenvalue weighted by Gasteiger charge is 2.15. The molecule has 160 valence electrons. The average molecular weight is 425 g/mol. The first-order valence-corrected chi connectivity index (χ1v) is 10.3. The van der Waals surface area contributed by atoms with Gasteiger partial charge in [0.15, 0.2) is 0 Å². The van der Waals surface area contributed by atoms with Gasteiger partial charge >= 0.3 is 6.03 Å². The molecule has 0 unspecified atom stereocenters. The summed E-state index contributed by atoms with van der Waals surface area (Å²) in [5.74, 6) is 1.49. The lowest BCUT2D eigenvalue weighted by atomic mass is 10.2. The summed E-state index contributed by atoms with van der Waals surface area (Å²) in [6, 6.07) is 22.6. The number of pyridine rings is 2. The molecule has 2 heterocycles. The van der Waals surface area contributed by atoms with Crippen LogP contribution in [-0.4, -0.2) is 20.9 Å². The fourth-order valence-electron chi connectivity index (χ4n) is 3.24. The minimum Gasteiger partial charge on any atom is -0.457 e. The third kappa shape index (κ3) is 5.92. The number of carbonyl (C=O) groups excluding carboxylic acids is 1. The molecule has 6 heteroatoms. The Bertz CT molecular complexity index is 1110. The topological polar surface area (TPSA) is 67.3 Å². The van der Waals surface area contributed by atoms with E-state index in [-0.39, 0.29) is 6.03 Å². The molecule has 32 heavy (non-hydrogen) atoms. The number of nitrogens with zero attached hydrogens (tertiary/aromatic N) is 3. The maximum Gasteiger partial charge on any atom is 0.322 e. The van der Waals surface area contributed by atoms with E-state index in [1.54, 1.807) is 29.7 Å². The summed E-state index contributed by atoms with van der Waals surface area (Å²) in [5.41, 5.74) is 3.78. The molecule has 0 saturated heterocycles. The Morgan fingerprint density at radius 3 is 2.34 bits per heavy atom. The van der Waals surface area contributed by atoms with Crippen LogP contribution in [0.1, 0.15) is 16.7 Å². The van der Waals surface area contributed by atoms with Gasteiger partial charge in [-0.3, -0.25) is 9.97 Å². The molecule has 0 fully saturated rings. The Labute approximate surface area is 187 Å². The molecule has 4 aromatic rings. The molecule has 2 aromatic heterocycles. The maximum absolute atomic E-state index is 13.1. The van der Waals surface area contributed by atoms with Crippen molar-refractivity contribution in [3.05, 3.63) is 114 Å². The first-order valence-electron chi connectivity index (χ1n) is 10.3. The summed E-state index contributed by atoms with van der Waals surface area (Å²) in [4.78, 5) is 23.0. The zero-order valence-corrected chi connectivity index (χ0v) is 17.8. The van der Waals surface area contributed by atoms with Crippen LogP contribution in [0.25, 0.3) is 0 Å². The van der Waals surface area contributed by atoms with Gasteiger partial charge in [-0.25, -0.2) is 4.79 Å². The number of carbonyl (C=O) groups is 1. The van der Waals surface area contributed by atoms with Crippen LogP contribution >= 0.6 is 0 Å². The first-order chi connectivity index (χ1) is 15.7. The number of rotatable bonds is 7. The van der Waals surface area contributed by atoms with Crippen LogP contribution in [0.2, 0.25) is 0 Å². The molecule has 1 N–H and O–H groups in total. The summed E-state index contributed by atoms with van der Waals surface area (Å²) < 4.78 is 5.89. The third-order valence-corrected chi connectivity index (χ3v) is 4.84. The van der Waals surface area contributed by atoms with Crippen molar-refractivity contribution in [1.82, 2.24) is 14.9 Å². The molecule has 0 radical (unpaired) electrons. The van der Waals surface area contributed by atoms with Gasteiger partial charge in [0.2, 0.25) is 0 Å². The van der Waals surface area contributed by atoms with E-state index in [0.29, 0.717) is 24.5 Å². The number of aryl methyl sites for hydroxylation is 1. The number of urea groups is 1. The first kappa shape index (κ1) is 21.1. The number of amides is 2. The number of anilines is 1. The Kier molecular flexibility index (Phi) is 6.72. The van der Waals surface area contributed by atoms with Gasteiger partial charge in [-0.15, -0.1) is 0 Å². The molecule has 0 aliphatic rings. The van der Waals surface area contributed by atoms with Crippen molar-refractivity contribution >= 4 is 11.7 Å². The second kappa shape index (κ2) is 10.2. The number of hydrogen-bond acceptors (Lipinski definition) is 4. The quantitative estimate of drug-likeness (QED) is 0.406. The molecular weight excluding hydrogens is 400 g/mol. The molecule has 2 aromatic carbocycles. The van der Waals surface area contributed by atoms with Crippen LogP contribution in [-0.2, 0) is 13.1 Å². The van der Waals surface area contributed by atoms with Gasteiger partial charge in [0.05, 0.1) is 0 Å². The van der Waals surface area contributed by atoms with Crippen molar-refractivity contribution in [3.8, 4) is 11.5 Å². The lowest BCUT2D eigenvalue weighted by Gasteiger charge is -2.23. The molecule has 0 aliphatic heterocycles. The average Bonchev–Trinajstić information content (AvgIpc) is 2.81. The smallest absolute Gasteiger partial charge is 0.322 e. The SMILES string of the molecule is Cc1cccc(Oc2ccc(NC(=O)N(Cc3ccncc3)Cc3cccnc3)cc2)c1. The zero-order chi connectivity index (χ0) is 22.2. The van der Waals surface area contributed by atoms with Crippen LogP contribution in [0.15, 0.2) is 97.6 Å². The Hall–Kier alpha value is -4.19. The molecule has 4 rings (SSSR count). The fourth-order valence-corrected chi connectivity index (χ4v) is 3.24. The van der Waals surface area contributed by atoms with Crippen molar-refractivity contribution in [2.45, 2.75) is 20.0 Å². The van der Waals surface area contributed by atoms with Gasteiger partial charge < -0.3 is 15.0 Å². The minimum atomic E-state index is -0.196. The Balaban J connectivity index is 1.44. The second-order valence-corrected chi connectivity index (χ2v) is 7.45. The zero-order valence-electron chi connectivity index (χ0n) is 17.8. The van der Waals surface area contributed by atoms with Crippen LogP contribution in [0.4, 0.5) is 10.5 Å². The third-order valence-electron chi connectivity index (χ3n) is 4.84. The van der Waals surface area contributed by atoms with Gasteiger partial charge in [-0.05, 0) is 78.2 Å². The number of aromatic nitrogens is 2. The summed E-state index contributed by atoms with van der Waals surface area (Å²) >= 11 is 0. The molecule has 0 saturated carbocycles. The molecule has 0 aliphatic carbocycles. The highest BCUT2D eigenvalue weighted by atomic mass is 16.5. The van der Waals surface area contributed by atoms with Crippen LogP contribution in [0.3, 0.4) is 0 Å². The van der Waals surface area contributed by atoms with Crippen molar-refractivity contribution in [2.24, 2.45) is 0 Å². The van der Waals surface area contributed by atoms with E-state index < -0.39 is 0 Å². The number of hydrogen-bond donors (Lipinski definition) is 1. The predicted molar refractivity (Wildman–Crippen MR) is 124 cm³/mol. The monoisotopic (exact) mass is 424 g/mol. The molecule has 2 amide bonds. The summed E-state index contributed by atoms with van der Waals surface area (Å²) in [7, 11) is 0. The lowest BCUT2D eigenvalue weighted by molar-refractivity contribution is 0.206. The number of benzene rings is 2. The van der Waals surface area contributed by atoms with Crippen LogP contribution in [0, 0.1) is 6.92 Å². The van der Waals surface area contributed by atoms with E-state index in [0.717, 1.165) is 22.4 Å². The summed E-state index contributed by atoms with van der Waals surface area (Å²) in [6.07, 6.45) is 6.94. The van der Waals surface area contributed by atoms with Crippen molar-refractivity contribution in [3.63, 3.8) is 0 Å². The van der Waals surface area contributed by atoms with Crippen LogP contribution in [0.5, 0.6) is 11.5 Å². The van der Waals surface area contributed by atoms with Crippen molar-refractivity contribution < 1.29 is 9.53 Å². The van der Waals surface area contributed by atoms with E-state index in [4.69, 9.17) is 4.74 Å². The largest absolute Gasteiger partial charge is 0.457 e. The molecule has 0 spiro atoms. The molecule has 0 atom stereocenters. The Morgan fingerprint density at radius 2 is 1.62 bits per heavy atom. The standard InChI is InChI=1S/C26H24N4O2/c1-20-4-2-6-25(16-20)32-24-9-7-23(8-10-24)29-26(31)30(18-21-11-14-27-15-12-21)19-22-5-3-13-28-17-22/h2-17H,18-19H2,1H3,(H,29,31). The second-order valence-electron chi connectivity index (χ2n) is 7.45. The highest BCUT2D eigenvalue weighted by molar-refractivity contribution is 5.89. The summed E-state index contributed by atoms with van der Waals surface area (Å²) in [5, 5.41) is 2.98. The minimum absolute atomic E-state index is 0.196. The van der Waals surface area contributed by atoms with Crippen molar-refractivity contribution in [1.29, 1.82) is 0 Å². The normalized spacial score (nSPS) is 10.4. The Morgan fingerprint density at radius 1 is 0.844 bits per heavy atom. The van der Waals surface area contributed by atoms with Gasteiger partial charge in [0, 0.05) is 43.6 Å². The van der Waals surface area contributed by atoms with Gasteiger partial charge in [-0.1, -0.05) is 18.2 Å². The summed E-state index contributed by atoms with van der Waals surface area (Å²) in [6.45, 7) is 2.92. The molecule has 6 nitrogen and oxygen atoms in total. The highest BCUT2D eigenvalue weighted by Crippen LogP contribution is 2.24. The lowest BCUT2D eigenvalue weighted by Crippen LogP contribution is -2.34. The van der Waals surface area contributed by atoms with E-state index in [1.807, 2.05) is 79.7 Å². The fraction of sp³-hybridized carbons (Fsp3) is 0.115. The van der Waals surface area contributed by atoms with Gasteiger partial charge in [0.25, 0.3) is 0 Å². The predicted octanol–water partition coefficient (Wildman–Crippen LogP) is 5.81. The van der Waals surface area contributed by atoms with E-state index in [1.165, 1.54) is 0 Å². The van der Waals surface area contributed by atoms with Crippen LogP contribution < -0.4 is 10.1 Å². The molecule has 0 bridgehead atoms. The van der Waals surface area contributed by atoms with Crippen molar-refractivity contribution in [2.75, 3.05) is 5.32 Å². The maximum atomic E-state index is 13.1. The van der Waals surface area contributed by atoms with E-state index in [2.05, 4.69) is 15.3 Å². The number of ether oxygens (including phenoxy) is 1. The van der Waals surface area contributed by atoms with E-state index >= 15 is 0 Å². The van der Waals surface area contributed by atoms with Gasteiger partial charge in [0.1, 0.15) is 11.5 Å². The number of nitrogens with one attached hydrogen (secondary N) is 1.